The minimum absolute atomic E-state index is 0.163. The Bertz CT molecular complexity index is 1820. The third kappa shape index (κ3) is 5.45. The molecule has 0 spiro atoms. The molecule has 0 saturated carbocycles. The summed E-state index contributed by atoms with van der Waals surface area (Å²) in [5.74, 6) is 0.750. The first-order valence-electron chi connectivity index (χ1n) is 11.7. The number of fused-ring (bicyclic) bond motifs is 1. The number of methoxy groups -OCH3 is 1. The quantitative estimate of drug-likeness (QED) is 0.106. The Labute approximate surface area is 231 Å². The molecular formula is C28H19ClN4O7. The van der Waals surface area contributed by atoms with Crippen LogP contribution in [0.25, 0.3) is 22.6 Å². The van der Waals surface area contributed by atoms with Crippen molar-refractivity contribution in [3.8, 4) is 28.7 Å². The molecule has 12 heteroatoms. The lowest BCUT2D eigenvalue weighted by atomic mass is 10.1. The highest BCUT2D eigenvalue weighted by Gasteiger charge is 2.22. The highest BCUT2D eigenvalue weighted by molar-refractivity contribution is 6.31. The zero-order valence-corrected chi connectivity index (χ0v) is 21.8. The third-order valence-corrected chi connectivity index (χ3v) is 6.15. The number of ether oxygens (including phenoxy) is 2. The molecule has 40 heavy (non-hydrogen) atoms. The lowest BCUT2D eigenvalue weighted by molar-refractivity contribution is -0.394. The van der Waals surface area contributed by atoms with E-state index in [2.05, 4.69) is 9.98 Å². The van der Waals surface area contributed by atoms with Gasteiger partial charge in [-0.15, -0.1) is 0 Å². The van der Waals surface area contributed by atoms with Crippen LogP contribution in [0.15, 0.2) is 82.2 Å². The molecule has 0 saturated heterocycles. The van der Waals surface area contributed by atoms with E-state index in [1.54, 1.807) is 42.6 Å². The molecule has 0 radical (unpaired) electrons. The number of nitro benzene ring substituents is 2. The van der Waals surface area contributed by atoms with E-state index in [1.807, 2.05) is 25.1 Å². The molecule has 0 atom stereocenters. The summed E-state index contributed by atoms with van der Waals surface area (Å²) < 4.78 is 17.0. The fourth-order valence-electron chi connectivity index (χ4n) is 3.87. The number of non-ortho nitro benzene ring substituents is 1. The van der Waals surface area contributed by atoms with E-state index in [0.29, 0.717) is 33.3 Å². The van der Waals surface area contributed by atoms with Gasteiger partial charge in [-0.2, -0.15) is 0 Å². The van der Waals surface area contributed by atoms with Crippen molar-refractivity contribution in [1.82, 2.24) is 4.98 Å². The Morgan fingerprint density at radius 1 is 0.925 bits per heavy atom. The molecule has 0 aliphatic heterocycles. The molecule has 4 aromatic carbocycles. The summed E-state index contributed by atoms with van der Waals surface area (Å²) in [5.41, 5.74) is 3.35. The minimum atomic E-state index is -0.748. The minimum Gasteiger partial charge on any atom is -0.493 e. The number of rotatable bonds is 8. The van der Waals surface area contributed by atoms with E-state index in [0.717, 1.165) is 23.3 Å². The number of hydrogen-bond donors (Lipinski definition) is 0. The van der Waals surface area contributed by atoms with Gasteiger partial charge in [0.15, 0.2) is 17.1 Å². The summed E-state index contributed by atoms with van der Waals surface area (Å²) in [6, 6.07) is 19.0. The smallest absolute Gasteiger partial charge is 0.318 e. The number of nitro groups is 2. The van der Waals surface area contributed by atoms with Gasteiger partial charge in [0.05, 0.1) is 28.7 Å². The molecule has 0 aliphatic rings. The summed E-state index contributed by atoms with van der Waals surface area (Å²) in [4.78, 5) is 30.1. The van der Waals surface area contributed by atoms with Gasteiger partial charge in [-0.3, -0.25) is 25.2 Å². The van der Waals surface area contributed by atoms with Gasteiger partial charge in [0, 0.05) is 22.9 Å². The molecule has 5 rings (SSSR count). The van der Waals surface area contributed by atoms with E-state index < -0.39 is 21.2 Å². The maximum absolute atomic E-state index is 11.5. The number of oxazole rings is 1. The lowest BCUT2D eigenvalue weighted by Crippen LogP contribution is -1.97. The second kappa shape index (κ2) is 10.8. The van der Waals surface area contributed by atoms with E-state index in [9.17, 15) is 20.2 Å². The molecule has 0 bridgehead atoms. The average molecular weight is 559 g/mol. The fourth-order valence-corrected chi connectivity index (χ4v) is 4.03. The van der Waals surface area contributed by atoms with Crippen LogP contribution in [0.3, 0.4) is 0 Å². The normalized spacial score (nSPS) is 11.2. The van der Waals surface area contributed by atoms with Crippen LogP contribution in [0.2, 0.25) is 5.02 Å². The maximum Gasteiger partial charge on any atom is 0.318 e. The van der Waals surface area contributed by atoms with E-state index in [4.69, 9.17) is 25.5 Å². The van der Waals surface area contributed by atoms with Crippen LogP contribution >= 0.6 is 11.6 Å². The lowest BCUT2D eigenvalue weighted by Gasteiger charge is -2.11. The molecule has 0 N–H and O–H groups in total. The number of aliphatic imine (C=N–C) groups is 1. The molecule has 200 valence electrons. The molecule has 0 aliphatic carbocycles. The van der Waals surface area contributed by atoms with Crippen LogP contribution in [0, 0.1) is 27.2 Å². The molecule has 5 aromatic rings. The van der Waals surface area contributed by atoms with Gasteiger partial charge >= 0.3 is 5.69 Å². The second-order valence-corrected chi connectivity index (χ2v) is 9.01. The van der Waals surface area contributed by atoms with Crippen molar-refractivity contribution < 1.29 is 23.7 Å². The zero-order valence-electron chi connectivity index (χ0n) is 21.0. The number of nitrogens with zero attached hydrogens (tertiary/aromatic N) is 4. The topological polar surface area (TPSA) is 143 Å². The first kappa shape index (κ1) is 26.3. The van der Waals surface area contributed by atoms with Crippen LogP contribution in [0.1, 0.15) is 11.1 Å². The SMILES string of the molecule is COc1cc(C=Nc2cc(-c3nc4cc(Cl)ccc4o3)ccc2C)ccc1Oc1ccc([N+](=O)[O-])cc1[N+](=O)[O-]. The van der Waals surface area contributed by atoms with Gasteiger partial charge < -0.3 is 13.9 Å². The number of benzene rings is 4. The first-order valence-corrected chi connectivity index (χ1v) is 12.1. The zero-order chi connectivity index (χ0) is 28.4. The monoisotopic (exact) mass is 558 g/mol. The Morgan fingerprint density at radius 3 is 2.48 bits per heavy atom. The van der Waals surface area contributed by atoms with E-state index in [-0.39, 0.29) is 17.2 Å². The summed E-state index contributed by atoms with van der Waals surface area (Å²) in [5, 5.41) is 23.0. The third-order valence-electron chi connectivity index (χ3n) is 5.92. The van der Waals surface area contributed by atoms with Crippen LogP contribution in [0.4, 0.5) is 17.1 Å². The van der Waals surface area contributed by atoms with Gasteiger partial charge in [-0.25, -0.2) is 4.98 Å². The maximum atomic E-state index is 11.5. The van der Waals surface area contributed by atoms with Gasteiger partial charge in [0.1, 0.15) is 5.52 Å². The van der Waals surface area contributed by atoms with Gasteiger partial charge in [-0.1, -0.05) is 17.7 Å². The Kier molecular flexibility index (Phi) is 7.13. The summed E-state index contributed by atoms with van der Waals surface area (Å²) in [6.45, 7) is 1.93. The largest absolute Gasteiger partial charge is 0.493 e. The van der Waals surface area contributed by atoms with E-state index in [1.165, 1.54) is 13.2 Å². The van der Waals surface area contributed by atoms with Crippen LogP contribution < -0.4 is 9.47 Å². The molecule has 11 nitrogen and oxygen atoms in total. The van der Waals surface area contributed by atoms with Crippen LogP contribution in [0.5, 0.6) is 17.2 Å². The molecule has 1 heterocycles. The molecule has 0 fully saturated rings. The van der Waals surface area contributed by atoms with Crippen molar-refractivity contribution in [3.63, 3.8) is 0 Å². The second-order valence-electron chi connectivity index (χ2n) is 8.57. The number of halogens is 1. The fraction of sp³-hybridized carbons (Fsp3) is 0.0714. The van der Waals surface area contributed by atoms with Crippen molar-refractivity contribution in [3.05, 3.63) is 109 Å². The Balaban J connectivity index is 1.41. The summed E-state index contributed by atoms with van der Waals surface area (Å²) in [7, 11) is 1.43. The predicted molar refractivity (Wildman–Crippen MR) is 149 cm³/mol. The number of aromatic nitrogens is 1. The molecule has 0 unspecified atom stereocenters. The van der Waals surface area contributed by atoms with Crippen molar-refractivity contribution in [2.75, 3.05) is 7.11 Å². The number of hydrogen-bond acceptors (Lipinski definition) is 9. The van der Waals surface area contributed by atoms with Crippen molar-refractivity contribution >= 4 is 46.0 Å². The van der Waals surface area contributed by atoms with Crippen LogP contribution in [-0.2, 0) is 0 Å². The van der Waals surface area contributed by atoms with Crippen molar-refractivity contribution in [2.45, 2.75) is 6.92 Å². The highest BCUT2D eigenvalue weighted by atomic mass is 35.5. The summed E-state index contributed by atoms with van der Waals surface area (Å²) >= 11 is 6.06. The highest BCUT2D eigenvalue weighted by Crippen LogP contribution is 2.38. The molecule has 1 aromatic heterocycles. The van der Waals surface area contributed by atoms with Crippen molar-refractivity contribution in [2.24, 2.45) is 4.99 Å². The van der Waals surface area contributed by atoms with Gasteiger partial charge in [-0.05, 0) is 72.6 Å². The van der Waals surface area contributed by atoms with Crippen LogP contribution in [-0.4, -0.2) is 28.2 Å². The van der Waals surface area contributed by atoms with Gasteiger partial charge in [0.2, 0.25) is 11.6 Å². The first-order chi connectivity index (χ1) is 19.2. The summed E-state index contributed by atoms with van der Waals surface area (Å²) in [6.07, 6.45) is 1.64. The Hall–Kier alpha value is -5.29. The Morgan fingerprint density at radius 2 is 1.73 bits per heavy atom. The molecule has 0 amide bonds. The van der Waals surface area contributed by atoms with Gasteiger partial charge in [0.25, 0.3) is 5.69 Å². The number of aryl methyl sites for hydroxylation is 1. The van der Waals surface area contributed by atoms with Crippen molar-refractivity contribution in [1.29, 1.82) is 0 Å². The standard InChI is InChI=1S/C28H19ClN4O7/c1-16-3-5-18(28-31-22-13-19(29)6-9-24(22)40-28)12-21(16)30-15-17-4-8-26(27(11-17)38-2)39-25-10-7-20(32(34)35)14-23(25)33(36)37/h3-15H,1-2H3. The average Bonchev–Trinajstić information content (AvgIpc) is 3.36. The van der Waals surface area contributed by atoms with E-state index >= 15 is 0 Å². The predicted octanol–water partition coefficient (Wildman–Crippen LogP) is 7.82. The molecular weight excluding hydrogens is 540 g/mol.